The Morgan fingerprint density at radius 1 is 1.09 bits per heavy atom. The van der Waals surface area contributed by atoms with E-state index < -0.39 is 0 Å². The molecule has 0 radical (unpaired) electrons. The first kappa shape index (κ1) is 18.1. The quantitative estimate of drug-likeness (QED) is 0.616. The summed E-state index contributed by atoms with van der Waals surface area (Å²) in [5.41, 5.74) is 0.750. The second kappa shape index (κ2) is 10.8. The lowest BCUT2D eigenvalue weighted by atomic mass is 10.1. The number of ether oxygens (including phenoxy) is 2. The van der Waals surface area contributed by atoms with Crippen molar-refractivity contribution in [3.8, 4) is 11.5 Å². The molecule has 0 aliphatic rings. The molecule has 1 amide bonds. The Labute approximate surface area is 133 Å². The van der Waals surface area contributed by atoms with E-state index in [1.807, 2.05) is 18.2 Å². The number of rotatable bonds is 11. The maximum Gasteiger partial charge on any atom is 0.239 e. The molecule has 0 unspecified atom stereocenters. The summed E-state index contributed by atoms with van der Waals surface area (Å²) in [6.07, 6.45) is 5.95. The Hall–Kier alpha value is -1.91. The fourth-order valence-corrected chi connectivity index (χ4v) is 2.15. The van der Waals surface area contributed by atoms with E-state index in [-0.39, 0.29) is 12.5 Å². The normalized spacial score (nSPS) is 10.1. The van der Waals surface area contributed by atoms with Crippen LogP contribution in [0, 0.1) is 0 Å². The monoisotopic (exact) mass is 308 g/mol. The molecule has 0 fully saturated rings. The molecule has 1 rings (SSSR count). The van der Waals surface area contributed by atoms with Gasteiger partial charge in [0.15, 0.2) is 0 Å². The number of hydrogen-bond donors (Lipinski definition) is 2. The zero-order valence-electron chi connectivity index (χ0n) is 13.9. The van der Waals surface area contributed by atoms with E-state index in [9.17, 15) is 4.79 Å². The number of unbranched alkanes of at least 4 members (excludes halogenated alkanes) is 4. The van der Waals surface area contributed by atoms with Crippen LogP contribution in [0.4, 0.5) is 5.69 Å². The average molecular weight is 308 g/mol. The van der Waals surface area contributed by atoms with Gasteiger partial charge in [0.05, 0.1) is 26.5 Å². The Morgan fingerprint density at radius 3 is 2.55 bits per heavy atom. The van der Waals surface area contributed by atoms with Gasteiger partial charge in [-0.15, -0.1) is 0 Å². The van der Waals surface area contributed by atoms with Crippen LogP contribution in [0.2, 0.25) is 0 Å². The molecule has 0 heterocycles. The van der Waals surface area contributed by atoms with Gasteiger partial charge in [-0.05, 0) is 18.6 Å². The predicted octanol–water partition coefficient (Wildman–Crippen LogP) is 3.20. The Balaban J connectivity index is 2.31. The summed E-state index contributed by atoms with van der Waals surface area (Å²) in [6, 6.07) is 5.45. The van der Waals surface area contributed by atoms with Crippen molar-refractivity contribution in [3.63, 3.8) is 0 Å². The van der Waals surface area contributed by atoms with Gasteiger partial charge in [-0.2, -0.15) is 0 Å². The van der Waals surface area contributed by atoms with Gasteiger partial charge in [-0.1, -0.05) is 32.6 Å². The highest BCUT2D eigenvalue weighted by molar-refractivity contribution is 5.81. The standard InChI is InChI=1S/C17H28N2O3/c1-4-5-6-7-8-11-18-17(20)13-19-15-12-14(21-2)9-10-16(15)22-3/h9-10,12,19H,4-8,11,13H2,1-3H3,(H,18,20). The van der Waals surface area contributed by atoms with Crippen molar-refractivity contribution in [3.05, 3.63) is 18.2 Å². The summed E-state index contributed by atoms with van der Waals surface area (Å²) < 4.78 is 10.4. The van der Waals surface area contributed by atoms with Crippen LogP contribution >= 0.6 is 0 Å². The van der Waals surface area contributed by atoms with E-state index in [0.717, 1.165) is 24.4 Å². The van der Waals surface area contributed by atoms with Crippen molar-refractivity contribution in [2.75, 3.05) is 32.6 Å². The molecule has 1 aromatic carbocycles. The lowest BCUT2D eigenvalue weighted by Crippen LogP contribution is -2.30. The molecular formula is C17H28N2O3. The van der Waals surface area contributed by atoms with Crippen LogP contribution in [0.5, 0.6) is 11.5 Å². The molecule has 5 heteroatoms. The first-order valence-corrected chi connectivity index (χ1v) is 7.93. The topological polar surface area (TPSA) is 59.6 Å². The van der Waals surface area contributed by atoms with Gasteiger partial charge in [0.25, 0.3) is 0 Å². The molecule has 0 aromatic heterocycles. The molecule has 0 bridgehead atoms. The van der Waals surface area contributed by atoms with Crippen molar-refractivity contribution < 1.29 is 14.3 Å². The molecule has 2 N–H and O–H groups in total. The molecule has 0 atom stereocenters. The van der Waals surface area contributed by atoms with E-state index >= 15 is 0 Å². The number of nitrogens with one attached hydrogen (secondary N) is 2. The zero-order chi connectivity index (χ0) is 16.2. The fraction of sp³-hybridized carbons (Fsp3) is 0.588. The number of methoxy groups -OCH3 is 2. The van der Waals surface area contributed by atoms with Crippen LogP contribution in [0.3, 0.4) is 0 Å². The van der Waals surface area contributed by atoms with Gasteiger partial charge in [0, 0.05) is 12.6 Å². The van der Waals surface area contributed by atoms with Crippen LogP contribution in [-0.4, -0.2) is 33.2 Å². The second-order valence-corrected chi connectivity index (χ2v) is 5.18. The van der Waals surface area contributed by atoms with E-state index in [1.165, 1.54) is 25.7 Å². The average Bonchev–Trinajstić information content (AvgIpc) is 2.55. The van der Waals surface area contributed by atoms with Crippen LogP contribution in [0.1, 0.15) is 39.0 Å². The van der Waals surface area contributed by atoms with Crippen LogP contribution in [0.15, 0.2) is 18.2 Å². The summed E-state index contributed by atoms with van der Waals surface area (Å²) in [5.74, 6) is 1.40. The van der Waals surface area contributed by atoms with Gasteiger partial charge < -0.3 is 20.1 Å². The van der Waals surface area contributed by atoms with E-state index in [1.54, 1.807) is 14.2 Å². The van der Waals surface area contributed by atoms with Crippen molar-refractivity contribution in [2.45, 2.75) is 39.0 Å². The molecule has 1 aromatic rings. The first-order valence-electron chi connectivity index (χ1n) is 7.93. The van der Waals surface area contributed by atoms with E-state index in [0.29, 0.717) is 5.75 Å². The van der Waals surface area contributed by atoms with Crippen LogP contribution in [0.25, 0.3) is 0 Å². The molecule has 5 nitrogen and oxygen atoms in total. The van der Waals surface area contributed by atoms with Crippen molar-refractivity contribution >= 4 is 11.6 Å². The van der Waals surface area contributed by atoms with Crippen LogP contribution in [-0.2, 0) is 4.79 Å². The molecule has 0 aliphatic carbocycles. The van der Waals surface area contributed by atoms with Crippen molar-refractivity contribution in [1.29, 1.82) is 0 Å². The van der Waals surface area contributed by atoms with Crippen LogP contribution < -0.4 is 20.1 Å². The fourth-order valence-electron chi connectivity index (χ4n) is 2.15. The summed E-state index contributed by atoms with van der Waals surface area (Å²) in [5, 5.41) is 6.01. The zero-order valence-corrected chi connectivity index (χ0v) is 13.9. The molecule has 0 spiro atoms. The maximum atomic E-state index is 11.8. The minimum atomic E-state index is -0.0136. The van der Waals surface area contributed by atoms with Gasteiger partial charge >= 0.3 is 0 Å². The smallest absolute Gasteiger partial charge is 0.239 e. The number of amides is 1. The third-order valence-electron chi connectivity index (χ3n) is 3.45. The molecule has 22 heavy (non-hydrogen) atoms. The van der Waals surface area contributed by atoms with Gasteiger partial charge in [-0.25, -0.2) is 0 Å². The molecule has 0 saturated carbocycles. The van der Waals surface area contributed by atoms with E-state index in [2.05, 4.69) is 17.6 Å². The minimum Gasteiger partial charge on any atom is -0.497 e. The molecule has 0 aliphatic heterocycles. The highest BCUT2D eigenvalue weighted by atomic mass is 16.5. The Kier molecular flexibility index (Phi) is 8.88. The summed E-state index contributed by atoms with van der Waals surface area (Å²) in [7, 11) is 3.21. The van der Waals surface area contributed by atoms with Gasteiger partial charge in [0.2, 0.25) is 5.91 Å². The Morgan fingerprint density at radius 2 is 1.86 bits per heavy atom. The summed E-state index contributed by atoms with van der Waals surface area (Å²) in [4.78, 5) is 11.8. The highest BCUT2D eigenvalue weighted by Gasteiger charge is 2.07. The first-order chi connectivity index (χ1) is 10.7. The predicted molar refractivity (Wildman–Crippen MR) is 89.8 cm³/mol. The third-order valence-corrected chi connectivity index (χ3v) is 3.45. The minimum absolute atomic E-state index is 0.0136. The largest absolute Gasteiger partial charge is 0.497 e. The SMILES string of the molecule is CCCCCCCNC(=O)CNc1cc(OC)ccc1OC. The number of benzene rings is 1. The van der Waals surface area contributed by atoms with Gasteiger partial charge in [0.1, 0.15) is 11.5 Å². The van der Waals surface area contributed by atoms with Crippen molar-refractivity contribution in [1.82, 2.24) is 5.32 Å². The van der Waals surface area contributed by atoms with Crippen molar-refractivity contribution in [2.24, 2.45) is 0 Å². The lowest BCUT2D eigenvalue weighted by molar-refractivity contribution is -0.119. The number of carbonyl (C=O) groups is 1. The summed E-state index contributed by atoms with van der Waals surface area (Å²) in [6.45, 7) is 3.15. The lowest BCUT2D eigenvalue weighted by Gasteiger charge is -2.12. The number of hydrogen-bond acceptors (Lipinski definition) is 4. The van der Waals surface area contributed by atoms with E-state index in [4.69, 9.17) is 9.47 Å². The molecule has 0 saturated heterocycles. The second-order valence-electron chi connectivity index (χ2n) is 5.18. The Bertz CT molecular complexity index is 450. The number of anilines is 1. The van der Waals surface area contributed by atoms with Gasteiger partial charge in [-0.3, -0.25) is 4.79 Å². The number of carbonyl (C=O) groups excluding carboxylic acids is 1. The molecular weight excluding hydrogens is 280 g/mol. The highest BCUT2D eigenvalue weighted by Crippen LogP contribution is 2.28. The summed E-state index contributed by atoms with van der Waals surface area (Å²) >= 11 is 0. The maximum absolute atomic E-state index is 11.8. The molecule has 124 valence electrons. The third kappa shape index (κ3) is 6.70.